The number of alkyl halides is 10. The van der Waals surface area contributed by atoms with Crippen molar-refractivity contribution in [3.8, 4) is 0 Å². The van der Waals surface area contributed by atoms with Gasteiger partial charge in [-0.1, -0.05) is 0 Å². The van der Waals surface area contributed by atoms with Gasteiger partial charge >= 0.3 is 89.9 Å². The molecule has 0 atom stereocenters. The quantitative estimate of drug-likeness (QED) is 0.341. The second-order valence-corrected chi connectivity index (χ2v) is 8.60. The monoisotopic (exact) mass is 435 g/mol. The molecule has 0 saturated carbocycles. The van der Waals surface area contributed by atoms with E-state index >= 15 is 0 Å². The van der Waals surface area contributed by atoms with Crippen molar-refractivity contribution in [1.82, 2.24) is 4.57 Å². The molecule has 15 heteroatoms. The Bertz CT molecular complexity index is 536. The minimum atomic E-state index is -8.37. The Hall–Kier alpha value is -0.840. The van der Waals surface area contributed by atoms with Crippen LogP contribution >= 0.6 is 18.2 Å². The molecule has 2 nitrogen and oxygen atoms in total. The van der Waals surface area contributed by atoms with Crippen molar-refractivity contribution in [1.29, 1.82) is 0 Å². The van der Waals surface area contributed by atoms with E-state index in [0.29, 0.717) is 0 Å². The molecule has 25 heavy (non-hydrogen) atoms. The maximum atomic E-state index is 12.6. The van der Waals surface area contributed by atoms with E-state index in [1.807, 2.05) is 17.8 Å². The summed E-state index contributed by atoms with van der Waals surface area (Å²) in [6.45, 7) is -5.19. The van der Waals surface area contributed by atoms with Crippen molar-refractivity contribution >= 4 is 18.2 Å². The van der Waals surface area contributed by atoms with Crippen LogP contribution in [0.5, 0.6) is 0 Å². The van der Waals surface area contributed by atoms with Gasteiger partial charge in [0.25, 0.3) is 0 Å². The Kier molecular flexibility index (Phi) is 7.17. The van der Waals surface area contributed by atoms with Gasteiger partial charge in [0, 0.05) is 0 Å². The summed E-state index contributed by atoms with van der Waals surface area (Å²) in [6.07, 6.45) is -7.77. The summed E-state index contributed by atoms with van der Waals surface area (Å²) in [5.74, 6) is 0. The zero-order valence-corrected chi connectivity index (χ0v) is 14.1. The van der Waals surface area contributed by atoms with Crippen molar-refractivity contribution in [3.05, 3.63) is 18.7 Å². The Morgan fingerprint density at radius 2 is 1.28 bits per heavy atom. The molecular formula is C10H12ClF11N2P. The minimum absolute atomic E-state index is 1.06. The molecule has 0 aliphatic rings. The SMILES string of the molecule is CC[n+]1ccn(C)c1.FC(F)(F)C(F)(F)[PH-](F)(Cl)C(F)(F)C(F)(F)F. The van der Waals surface area contributed by atoms with Crippen LogP contribution in [0.4, 0.5) is 48.1 Å². The Morgan fingerprint density at radius 3 is 1.44 bits per heavy atom. The van der Waals surface area contributed by atoms with E-state index in [9.17, 15) is 48.1 Å². The summed E-state index contributed by atoms with van der Waals surface area (Å²) in [5.41, 5.74) is -13.9. The molecule has 0 aliphatic heterocycles. The number of halogens is 12. The normalized spacial score (nSPS) is 14.8. The molecule has 0 bridgehead atoms. The summed E-state index contributed by atoms with van der Waals surface area (Å²) in [6, 6.07) is 0. The second-order valence-electron chi connectivity index (χ2n) is 4.63. The molecule has 0 radical (unpaired) electrons. The van der Waals surface area contributed by atoms with E-state index in [1.54, 1.807) is 0 Å². The first-order valence-electron chi connectivity index (χ1n) is 6.10. The third kappa shape index (κ3) is 4.87. The molecule has 1 rings (SSSR count). The van der Waals surface area contributed by atoms with Crippen molar-refractivity contribution in [2.45, 2.75) is 37.1 Å². The van der Waals surface area contributed by atoms with Gasteiger partial charge in [-0.15, -0.1) is 0 Å². The molecule has 0 aliphatic carbocycles. The molecule has 0 fully saturated rings. The van der Waals surface area contributed by atoms with E-state index in [0.717, 1.165) is 6.54 Å². The van der Waals surface area contributed by atoms with Crippen LogP contribution in [0.2, 0.25) is 0 Å². The van der Waals surface area contributed by atoms with Crippen LogP contribution in [0, 0.1) is 0 Å². The third-order valence-corrected chi connectivity index (χ3v) is 6.26. The Labute approximate surface area is 139 Å². The van der Waals surface area contributed by atoms with Crippen molar-refractivity contribution in [2.75, 3.05) is 0 Å². The zero-order valence-electron chi connectivity index (χ0n) is 12.4. The van der Waals surface area contributed by atoms with Crippen molar-refractivity contribution in [3.63, 3.8) is 0 Å². The van der Waals surface area contributed by atoms with E-state index in [-0.39, 0.29) is 0 Å². The summed E-state index contributed by atoms with van der Waals surface area (Å²) < 4.78 is 135. The van der Waals surface area contributed by atoms with Gasteiger partial charge in [-0.2, -0.15) is 0 Å². The summed E-state index contributed by atoms with van der Waals surface area (Å²) >= 11 is 3.62. The molecule has 151 valence electrons. The van der Waals surface area contributed by atoms with Gasteiger partial charge in [-0.3, -0.25) is 0 Å². The number of nitrogens with zero attached hydrogens (tertiary/aromatic N) is 2. The average Bonchev–Trinajstić information content (AvgIpc) is 2.82. The van der Waals surface area contributed by atoms with Crippen LogP contribution in [0.15, 0.2) is 18.7 Å². The number of rotatable bonds is 3. The molecule has 0 N–H and O–H groups in total. The zero-order chi connectivity index (χ0) is 20.5. The number of hydrogen-bond donors (Lipinski definition) is 0. The van der Waals surface area contributed by atoms with Crippen LogP contribution < -0.4 is 4.57 Å². The van der Waals surface area contributed by atoms with Crippen LogP contribution in [0.25, 0.3) is 0 Å². The number of aromatic nitrogens is 2. The molecular weight excluding hydrogens is 424 g/mol. The van der Waals surface area contributed by atoms with Crippen molar-refractivity contribution < 1.29 is 52.7 Å². The van der Waals surface area contributed by atoms with Crippen LogP contribution in [-0.2, 0) is 13.6 Å². The van der Waals surface area contributed by atoms with E-state index in [1.165, 1.54) is 0 Å². The molecule has 0 aromatic carbocycles. The third-order valence-electron chi connectivity index (χ3n) is 2.69. The fraction of sp³-hybridized carbons (Fsp3) is 0.700. The van der Waals surface area contributed by atoms with Gasteiger partial charge in [0.2, 0.25) is 6.33 Å². The van der Waals surface area contributed by atoms with Gasteiger partial charge in [0.05, 0.1) is 13.6 Å². The average molecular weight is 436 g/mol. The fourth-order valence-electron chi connectivity index (χ4n) is 1.24. The van der Waals surface area contributed by atoms with Gasteiger partial charge in [-0.05, 0) is 6.92 Å². The molecule has 0 saturated heterocycles. The molecule has 0 spiro atoms. The first kappa shape index (κ1) is 24.2. The van der Waals surface area contributed by atoms with Gasteiger partial charge in [-0.25, -0.2) is 9.13 Å². The second kappa shape index (κ2) is 7.42. The molecule has 1 aromatic heterocycles. The first-order valence-corrected chi connectivity index (χ1v) is 8.99. The fourth-order valence-corrected chi connectivity index (χ4v) is 2.99. The molecule has 1 heterocycles. The van der Waals surface area contributed by atoms with Crippen LogP contribution in [-0.4, -0.2) is 28.2 Å². The standard InChI is InChI=1S/C6H11N2.C4HClF11P/c1-3-8-5-4-7(2)6-8;5-17(16,3(12,13)1(6,7)8)4(14,15)2(9,10)11/h4-6H,3H2,1-2H3;17H/q+1;-1. The number of imidazole rings is 1. The van der Waals surface area contributed by atoms with Gasteiger partial charge < -0.3 is 0 Å². The van der Waals surface area contributed by atoms with E-state index in [4.69, 9.17) is 0 Å². The van der Waals surface area contributed by atoms with Crippen molar-refractivity contribution in [2.24, 2.45) is 7.05 Å². The molecule has 1 aromatic rings. The van der Waals surface area contributed by atoms with Crippen LogP contribution in [0.3, 0.4) is 0 Å². The number of hydrogen-bond acceptors (Lipinski definition) is 0. The summed E-state index contributed by atoms with van der Waals surface area (Å²) in [4.78, 5) is 0. The summed E-state index contributed by atoms with van der Waals surface area (Å²) in [5, 5.41) is 0. The Balaban J connectivity index is 0.000000593. The topological polar surface area (TPSA) is 8.81 Å². The van der Waals surface area contributed by atoms with Gasteiger partial charge in [0.15, 0.2) is 0 Å². The predicted molar refractivity (Wildman–Crippen MR) is 68.6 cm³/mol. The van der Waals surface area contributed by atoms with E-state index < -0.39 is 30.6 Å². The summed E-state index contributed by atoms with van der Waals surface area (Å²) in [7, 11) is 2.02. The van der Waals surface area contributed by atoms with E-state index in [2.05, 4.69) is 35.3 Å². The molecule has 0 amide bonds. The number of aryl methyl sites for hydroxylation is 2. The van der Waals surface area contributed by atoms with Gasteiger partial charge in [0.1, 0.15) is 12.4 Å². The Morgan fingerprint density at radius 1 is 0.920 bits per heavy atom. The maximum absolute atomic E-state index is 12.6. The van der Waals surface area contributed by atoms with Crippen LogP contribution in [0.1, 0.15) is 6.92 Å². The first-order chi connectivity index (χ1) is 10.8. The predicted octanol–water partition coefficient (Wildman–Crippen LogP) is 5.42. The molecule has 0 unspecified atom stereocenters.